The highest BCUT2D eigenvalue weighted by molar-refractivity contribution is 7.80. The second-order valence-electron chi connectivity index (χ2n) is 3.26. The molecule has 0 radical (unpaired) electrons. The first kappa shape index (κ1) is 9.92. The van der Waals surface area contributed by atoms with E-state index in [4.69, 9.17) is 18.0 Å². The van der Waals surface area contributed by atoms with Gasteiger partial charge in [-0.25, -0.2) is 0 Å². The first-order chi connectivity index (χ1) is 7.27. The summed E-state index contributed by atoms with van der Waals surface area (Å²) in [4.78, 5) is 0. The van der Waals surface area contributed by atoms with E-state index in [1.165, 1.54) is 0 Å². The third kappa shape index (κ3) is 2.24. The van der Waals surface area contributed by atoms with Gasteiger partial charge in [0.2, 0.25) is 0 Å². The van der Waals surface area contributed by atoms with Crippen molar-refractivity contribution in [2.45, 2.75) is 6.42 Å². The van der Waals surface area contributed by atoms with Gasteiger partial charge in [0, 0.05) is 24.2 Å². The molecule has 0 atom stereocenters. The molecular formula is C10H12N4S. The Morgan fingerprint density at radius 1 is 1.47 bits per heavy atom. The van der Waals surface area contributed by atoms with Crippen LogP contribution in [0.2, 0.25) is 0 Å². The van der Waals surface area contributed by atoms with Gasteiger partial charge in [-0.3, -0.25) is 5.43 Å². The van der Waals surface area contributed by atoms with E-state index in [1.807, 2.05) is 24.3 Å². The summed E-state index contributed by atoms with van der Waals surface area (Å²) in [7, 11) is 0. The Bertz CT molecular complexity index is 414. The molecule has 5 heteroatoms. The average molecular weight is 220 g/mol. The second-order valence-corrected chi connectivity index (χ2v) is 3.70. The average Bonchev–Trinajstić information content (AvgIpc) is 2.26. The fourth-order valence-electron chi connectivity index (χ4n) is 1.58. The third-order valence-electron chi connectivity index (χ3n) is 2.22. The van der Waals surface area contributed by atoms with Crippen molar-refractivity contribution < 1.29 is 0 Å². The summed E-state index contributed by atoms with van der Waals surface area (Å²) < 4.78 is 0. The number of thiocarbonyl (C=S) groups is 1. The van der Waals surface area contributed by atoms with Crippen LogP contribution in [0, 0.1) is 0 Å². The summed E-state index contributed by atoms with van der Waals surface area (Å²) in [5.74, 6) is 0. The van der Waals surface area contributed by atoms with Crippen LogP contribution in [0.4, 0.5) is 5.69 Å². The minimum Gasteiger partial charge on any atom is -0.384 e. The summed E-state index contributed by atoms with van der Waals surface area (Å²) in [6, 6.07) is 8.05. The van der Waals surface area contributed by atoms with Crippen LogP contribution in [0.25, 0.3) is 0 Å². The maximum atomic E-state index is 5.33. The van der Waals surface area contributed by atoms with Crippen LogP contribution >= 0.6 is 12.2 Å². The van der Waals surface area contributed by atoms with E-state index in [9.17, 15) is 0 Å². The van der Waals surface area contributed by atoms with E-state index in [0.717, 1.165) is 29.9 Å². The summed E-state index contributed by atoms with van der Waals surface area (Å²) in [5.41, 5.74) is 11.1. The highest BCUT2D eigenvalue weighted by atomic mass is 32.1. The van der Waals surface area contributed by atoms with Crippen LogP contribution in [-0.4, -0.2) is 17.4 Å². The Balaban J connectivity index is 2.29. The van der Waals surface area contributed by atoms with Crippen LogP contribution in [0.1, 0.15) is 12.0 Å². The molecular weight excluding hydrogens is 208 g/mol. The monoisotopic (exact) mass is 220 g/mol. The molecule has 1 aliphatic rings. The summed E-state index contributed by atoms with van der Waals surface area (Å²) in [5, 5.41) is 7.69. The number of hydrogen-bond donors (Lipinski definition) is 3. The molecule has 0 unspecified atom stereocenters. The zero-order chi connectivity index (χ0) is 10.7. The largest absolute Gasteiger partial charge is 0.384 e. The van der Waals surface area contributed by atoms with Crippen molar-refractivity contribution in [3.8, 4) is 0 Å². The second kappa shape index (κ2) is 4.27. The van der Waals surface area contributed by atoms with Crippen molar-refractivity contribution in [2.75, 3.05) is 11.9 Å². The van der Waals surface area contributed by atoms with E-state index in [-0.39, 0.29) is 5.11 Å². The van der Waals surface area contributed by atoms with Crippen molar-refractivity contribution in [1.29, 1.82) is 0 Å². The summed E-state index contributed by atoms with van der Waals surface area (Å²) in [6.07, 6.45) is 0.868. The van der Waals surface area contributed by atoms with Crippen molar-refractivity contribution in [3.05, 3.63) is 29.8 Å². The zero-order valence-corrected chi connectivity index (χ0v) is 8.97. The van der Waals surface area contributed by atoms with Crippen LogP contribution in [-0.2, 0) is 0 Å². The van der Waals surface area contributed by atoms with Crippen LogP contribution in [0.15, 0.2) is 29.4 Å². The summed E-state index contributed by atoms with van der Waals surface area (Å²) in [6.45, 7) is 0.884. The molecule has 2 rings (SSSR count). The molecule has 0 aliphatic carbocycles. The molecule has 4 N–H and O–H groups in total. The normalized spacial score (nSPS) is 16.7. The quantitative estimate of drug-likeness (QED) is 0.489. The molecule has 1 aliphatic heterocycles. The Labute approximate surface area is 93.5 Å². The lowest BCUT2D eigenvalue weighted by atomic mass is 10.0. The van der Waals surface area contributed by atoms with Gasteiger partial charge in [0.15, 0.2) is 5.11 Å². The minimum atomic E-state index is 0.193. The number of hydrazone groups is 1. The van der Waals surface area contributed by atoms with Crippen LogP contribution < -0.4 is 16.5 Å². The molecule has 0 saturated heterocycles. The van der Waals surface area contributed by atoms with Gasteiger partial charge in [0.1, 0.15) is 0 Å². The standard InChI is InChI=1S/C10H12N4S/c11-10(15)14-13-9-5-6-12-8-4-2-1-3-7(8)9/h1-4,12H,5-6H2,(H3,11,14,15). The number of para-hydroxylation sites is 1. The summed E-state index contributed by atoms with van der Waals surface area (Å²) >= 11 is 4.71. The van der Waals surface area contributed by atoms with Gasteiger partial charge in [0.25, 0.3) is 0 Å². The number of rotatable bonds is 1. The Morgan fingerprint density at radius 2 is 2.27 bits per heavy atom. The lowest BCUT2D eigenvalue weighted by Crippen LogP contribution is -2.27. The number of nitrogens with one attached hydrogen (secondary N) is 2. The molecule has 15 heavy (non-hydrogen) atoms. The van der Waals surface area contributed by atoms with Gasteiger partial charge in [-0.05, 0) is 18.3 Å². The highest BCUT2D eigenvalue weighted by Gasteiger charge is 2.13. The Kier molecular flexibility index (Phi) is 2.82. The van der Waals surface area contributed by atoms with Crippen molar-refractivity contribution >= 4 is 28.7 Å². The first-order valence-corrected chi connectivity index (χ1v) is 5.13. The molecule has 4 nitrogen and oxygen atoms in total. The molecule has 0 aromatic heterocycles. The Hall–Kier alpha value is -1.62. The van der Waals surface area contributed by atoms with E-state index in [0.29, 0.717) is 0 Å². The van der Waals surface area contributed by atoms with Gasteiger partial charge in [-0.1, -0.05) is 18.2 Å². The van der Waals surface area contributed by atoms with Gasteiger partial charge >= 0.3 is 0 Å². The van der Waals surface area contributed by atoms with E-state index in [2.05, 4.69) is 15.8 Å². The molecule has 0 bridgehead atoms. The van der Waals surface area contributed by atoms with Gasteiger partial charge in [-0.15, -0.1) is 0 Å². The number of hydrogen-bond acceptors (Lipinski definition) is 3. The zero-order valence-electron chi connectivity index (χ0n) is 8.16. The molecule has 0 spiro atoms. The number of nitrogens with two attached hydrogens (primary N) is 1. The van der Waals surface area contributed by atoms with Crippen molar-refractivity contribution in [1.82, 2.24) is 5.43 Å². The first-order valence-electron chi connectivity index (χ1n) is 4.72. The number of fused-ring (bicyclic) bond motifs is 1. The minimum absolute atomic E-state index is 0.193. The van der Waals surface area contributed by atoms with E-state index < -0.39 is 0 Å². The van der Waals surface area contributed by atoms with Crippen molar-refractivity contribution in [2.24, 2.45) is 10.8 Å². The Morgan fingerprint density at radius 3 is 3.07 bits per heavy atom. The molecule has 0 saturated carbocycles. The van der Waals surface area contributed by atoms with Crippen molar-refractivity contribution in [3.63, 3.8) is 0 Å². The molecule has 1 heterocycles. The smallest absolute Gasteiger partial charge is 0.184 e. The fourth-order valence-corrected chi connectivity index (χ4v) is 1.62. The predicted molar refractivity (Wildman–Crippen MR) is 66.0 cm³/mol. The van der Waals surface area contributed by atoms with Crippen LogP contribution in [0.5, 0.6) is 0 Å². The fraction of sp³-hybridized carbons (Fsp3) is 0.200. The highest BCUT2D eigenvalue weighted by Crippen LogP contribution is 2.21. The molecule has 1 aromatic rings. The lowest BCUT2D eigenvalue weighted by molar-refractivity contribution is 0.984. The molecule has 0 fully saturated rings. The lowest BCUT2D eigenvalue weighted by Gasteiger charge is -2.19. The maximum absolute atomic E-state index is 5.33. The van der Waals surface area contributed by atoms with Crippen LogP contribution in [0.3, 0.4) is 0 Å². The molecule has 1 aromatic carbocycles. The third-order valence-corrected chi connectivity index (χ3v) is 2.31. The van der Waals surface area contributed by atoms with Gasteiger partial charge in [0.05, 0.1) is 5.71 Å². The molecule has 0 amide bonds. The maximum Gasteiger partial charge on any atom is 0.184 e. The number of benzene rings is 1. The topological polar surface area (TPSA) is 62.4 Å². The van der Waals surface area contributed by atoms with E-state index >= 15 is 0 Å². The van der Waals surface area contributed by atoms with Gasteiger partial charge in [-0.2, -0.15) is 5.10 Å². The number of nitrogens with zero attached hydrogens (tertiary/aromatic N) is 1. The SMILES string of the molecule is NC(=S)NN=C1CCNc2ccccc21. The van der Waals surface area contributed by atoms with Gasteiger partial charge < -0.3 is 11.1 Å². The van der Waals surface area contributed by atoms with E-state index in [1.54, 1.807) is 0 Å². The number of anilines is 1. The predicted octanol–water partition coefficient (Wildman–Crippen LogP) is 1.04. The molecule has 78 valence electrons.